The van der Waals surface area contributed by atoms with E-state index in [0.29, 0.717) is 22.2 Å². The predicted molar refractivity (Wildman–Crippen MR) is 91.4 cm³/mol. The summed E-state index contributed by atoms with van der Waals surface area (Å²) in [5.41, 5.74) is 2.14. The Morgan fingerprint density at radius 2 is 1.65 bits per heavy atom. The highest BCUT2D eigenvalue weighted by Gasteiger charge is 2.19. The first-order valence-corrected chi connectivity index (χ1v) is 8.11. The third-order valence-electron chi connectivity index (χ3n) is 3.32. The number of hydrogen-bond donors (Lipinski definition) is 1. The monoisotopic (exact) mass is 335 g/mol. The maximum Gasteiger partial charge on any atom is 0.288 e. The van der Waals surface area contributed by atoms with Gasteiger partial charge in [-0.05, 0) is 41.3 Å². The molecule has 0 heterocycles. The van der Waals surface area contributed by atoms with E-state index >= 15 is 0 Å². The third-order valence-corrected chi connectivity index (χ3v) is 4.05. The fraction of sp³-hybridized carbons (Fsp3) is 0.278. The molecule has 2 nitrogen and oxygen atoms in total. The van der Waals surface area contributed by atoms with Crippen LogP contribution in [0.2, 0.25) is 0 Å². The molecule has 122 valence electrons. The van der Waals surface area contributed by atoms with E-state index in [2.05, 4.69) is 26.1 Å². The van der Waals surface area contributed by atoms with E-state index in [1.54, 1.807) is 12.1 Å². The summed E-state index contributed by atoms with van der Waals surface area (Å²) in [7, 11) is 0. The van der Waals surface area contributed by atoms with Crippen molar-refractivity contribution in [3.63, 3.8) is 0 Å². The van der Waals surface area contributed by atoms with Crippen molar-refractivity contribution >= 4 is 23.4 Å². The van der Waals surface area contributed by atoms with Gasteiger partial charge in [-0.25, -0.2) is 0 Å². The van der Waals surface area contributed by atoms with Gasteiger partial charge in [-0.15, -0.1) is 0 Å². The van der Waals surface area contributed by atoms with Gasteiger partial charge in [0.05, 0.1) is 0 Å². The molecule has 0 bridgehead atoms. The van der Waals surface area contributed by atoms with Crippen molar-refractivity contribution in [1.29, 1.82) is 0 Å². The van der Waals surface area contributed by atoms with E-state index in [1.807, 2.05) is 24.3 Å². The molecule has 2 aromatic rings. The summed E-state index contributed by atoms with van der Waals surface area (Å²) in [5, 5.41) is 2.90. The van der Waals surface area contributed by atoms with Crippen LogP contribution in [-0.2, 0) is 5.41 Å². The number of carbonyl (C=O) groups is 1. The van der Waals surface area contributed by atoms with Crippen LogP contribution < -0.4 is 5.32 Å². The van der Waals surface area contributed by atoms with Crippen LogP contribution in [0.4, 0.5) is 14.5 Å². The van der Waals surface area contributed by atoms with E-state index < -0.39 is 5.76 Å². The van der Waals surface area contributed by atoms with Gasteiger partial charge >= 0.3 is 0 Å². The molecule has 1 N–H and O–H groups in total. The molecule has 0 unspecified atom stereocenters. The molecule has 0 spiro atoms. The van der Waals surface area contributed by atoms with E-state index in [9.17, 15) is 13.6 Å². The highest BCUT2D eigenvalue weighted by Crippen LogP contribution is 2.30. The standard InChI is InChI=1S/C18H19F2NOS/c1-18(2,3)14-6-4-5-7-15(14)21-16(22)12-8-10-13(11-9-12)23-17(19)20/h4-11,17H,1-3H3,(H,21,22). The zero-order valence-corrected chi connectivity index (χ0v) is 14.1. The molecule has 0 fully saturated rings. The second-order valence-electron chi connectivity index (χ2n) is 6.15. The zero-order chi connectivity index (χ0) is 17.0. The number of anilines is 1. The first-order chi connectivity index (χ1) is 10.8. The molecule has 1 amide bonds. The van der Waals surface area contributed by atoms with E-state index in [0.717, 1.165) is 11.3 Å². The second-order valence-corrected chi connectivity index (χ2v) is 7.22. The van der Waals surface area contributed by atoms with Gasteiger partial charge in [0.2, 0.25) is 0 Å². The molecule has 2 rings (SSSR count). The predicted octanol–water partition coefficient (Wildman–Crippen LogP) is 5.55. The number of nitrogens with one attached hydrogen (secondary N) is 1. The molecular weight excluding hydrogens is 316 g/mol. The number of halogens is 2. The molecule has 23 heavy (non-hydrogen) atoms. The highest BCUT2D eigenvalue weighted by atomic mass is 32.2. The van der Waals surface area contributed by atoms with Crippen LogP contribution in [0.1, 0.15) is 36.7 Å². The largest absolute Gasteiger partial charge is 0.322 e. The molecular formula is C18H19F2NOS. The van der Waals surface area contributed by atoms with Crippen molar-refractivity contribution in [2.75, 3.05) is 5.32 Å². The summed E-state index contributed by atoms with van der Waals surface area (Å²) in [6.45, 7) is 6.23. The molecule has 0 aliphatic carbocycles. The Morgan fingerprint density at radius 1 is 1.04 bits per heavy atom. The van der Waals surface area contributed by atoms with Crippen LogP contribution in [0.15, 0.2) is 53.4 Å². The van der Waals surface area contributed by atoms with Crippen LogP contribution in [0.25, 0.3) is 0 Å². The van der Waals surface area contributed by atoms with Gasteiger partial charge in [0, 0.05) is 16.1 Å². The number of benzene rings is 2. The van der Waals surface area contributed by atoms with Crippen molar-refractivity contribution in [2.24, 2.45) is 0 Å². The lowest BCUT2D eigenvalue weighted by atomic mass is 9.86. The third kappa shape index (κ3) is 4.79. The average molecular weight is 335 g/mol. The molecule has 0 atom stereocenters. The summed E-state index contributed by atoms with van der Waals surface area (Å²) in [6.07, 6.45) is 0. The number of para-hydroxylation sites is 1. The molecule has 0 saturated heterocycles. The van der Waals surface area contributed by atoms with E-state index in [-0.39, 0.29) is 11.3 Å². The fourth-order valence-electron chi connectivity index (χ4n) is 2.23. The van der Waals surface area contributed by atoms with Crippen molar-refractivity contribution in [2.45, 2.75) is 36.8 Å². The Morgan fingerprint density at radius 3 is 2.22 bits per heavy atom. The van der Waals surface area contributed by atoms with Gasteiger partial charge in [0.15, 0.2) is 0 Å². The van der Waals surface area contributed by atoms with Crippen LogP contribution in [-0.4, -0.2) is 11.7 Å². The van der Waals surface area contributed by atoms with Crippen molar-refractivity contribution in [3.8, 4) is 0 Å². The summed E-state index contributed by atoms with van der Waals surface area (Å²) in [4.78, 5) is 12.8. The summed E-state index contributed by atoms with van der Waals surface area (Å²) < 4.78 is 24.6. The van der Waals surface area contributed by atoms with Crippen molar-refractivity contribution in [1.82, 2.24) is 0 Å². The topological polar surface area (TPSA) is 29.1 Å². The first kappa shape index (κ1) is 17.5. The second kappa shape index (κ2) is 7.13. The number of carbonyl (C=O) groups excluding carboxylic acids is 1. The Bertz CT molecular complexity index is 678. The van der Waals surface area contributed by atoms with Gasteiger partial charge in [-0.3, -0.25) is 4.79 Å². The summed E-state index contributed by atoms with van der Waals surface area (Å²) in [6, 6.07) is 13.8. The molecule has 0 aliphatic rings. The quantitative estimate of drug-likeness (QED) is 0.742. The Balaban J connectivity index is 2.17. The minimum Gasteiger partial charge on any atom is -0.322 e. The fourth-order valence-corrected chi connectivity index (χ4v) is 2.73. The summed E-state index contributed by atoms with van der Waals surface area (Å²) >= 11 is 0.464. The highest BCUT2D eigenvalue weighted by molar-refractivity contribution is 7.99. The van der Waals surface area contributed by atoms with E-state index in [1.165, 1.54) is 12.1 Å². The number of rotatable bonds is 4. The number of amides is 1. The van der Waals surface area contributed by atoms with E-state index in [4.69, 9.17) is 0 Å². The van der Waals surface area contributed by atoms with Crippen LogP contribution in [0.5, 0.6) is 0 Å². The summed E-state index contributed by atoms with van der Waals surface area (Å²) in [5.74, 6) is -2.72. The molecule has 2 aromatic carbocycles. The van der Waals surface area contributed by atoms with Gasteiger partial charge in [0.1, 0.15) is 0 Å². The Kier molecular flexibility index (Phi) is 5.42. The van der Waals surface area contributed by atoms with Crippen molar-refractivity contribution < 1.29 is 13.6 Å². The maximum atomic E-state index is 12.4. The van der Waals surface area contributed by atoms with Crippen LogP contribution in [0.3, 0.4) is 0 Å². The lowest BCUT2D eigenvalue weighted by Gasteiger charge is -2.23. The Labute approximate surface area is 139 Å². The number of alkyl halides is 2. The van der Waals surface area contributed by atoms with Crippen LogP contribution >= 0.6 is 11.8 Å². The molecule has 5 heteroatoms. The first-order valence-electron chi connectivity index (χ1n) is 7.23. The lowest BCUT2D eigenvalue weighted by Crippen LogP contribution is -2.18. The van der Waals surface area contributed by atoms with Gasteiger partial charge in [-0.2, -0.15) is 8.78 Å². The lowest BCUT2D eigenvalue weighted by molar-refractivity contribution is 0.102. The number of hydrogen-bond acceptors (Lipinski definition) is 2. The maximum absolute atomic E-state index is 12.4. The smallest absolute Gasteiger partial charge is 0.288 e. The molecule has 0 saturated carbocycles. The normalized spacial score (nSPS) is 11.6. The number of thioether (sulfide) groups is 1. The molecule has 0 aliphatic heterocycles. The minimum atomic E-state index is -2.46. The van der Waals surface area contributed by atoms with Gasteiger partial charge in [-0.1, -0.05) is 50.7 Å². The van der Waals surface area contributed by atoms with Gasteiger partial charge in [0.25, 0.3) is 11.7 Å². The van der Waals surface area contributed by atoms with Gasteiger partial charge < -0.3 is 5.32 Å². The Hall–Kier alpha value is -1.88. The minimum absolute atomic E-state index is 0.0956. The zero-order valence-electron chi connectivity index (χ0n) is 13.3. The van der Waals surface area contributed by atoms with Crippen molar-refractivity contribution in [3.05, 3.63) is 59.7 Å². The van der Waals surface area contributed by atoms with Crippen LogP contribution in [0, 0.1) is 0 Å². The average Bonchev–Trinajstić information content (AvgIpc) is 2.46. The molecule has 0 radical (unpaired) electrons. The SMILES string of the molecule is CC(C)(C)c1ccccc1NC(=O)c1ccc(SC(F)F)cc1. The molecule has 0 aromatic heterocycles.